The number of benzene rings is 6. The predicted molar refractivity (Wildman–Crippen MR) is 212 cm³/mol. The van der Waals surface area contributed by atoms with Crippen molar-refractivity contribution in [3.05, 3.63) is 179 Å². The summed E-state index contributed by atoms with van der Waals surface area (Å²) < 4.78 is 0. The Balaban J connectivity index is 1.82. The monoisotopic (exact) mass is 720 g/mol. The zero-order chi connectivity index (χ0) is 38.3. The summed E-state index contributed by atoms with van der Waals surface area (Å²) in [5.74, 6) is 0.277. The summed E-state index contributed by atoms with van der Waals surface area (Å²) >= 11 is 0. The fourth-order valence-corrected chi connectivity index (χ4v) is 11.1. The number of phenolic OH excluding ortho intramolecular Hbond substituents is 6. The molecule has 276 valence electrons. The van der Waals surface area contributed by atoms with Crippen LogP contribution in [0, 0.1) is 17.8 Å². The number of aromatic hydroxyl groups is 6. The first-order chi connectivity index (χ1) is 26.1. The molecule has 1 aliphatic carbocycles. The lowest BCUT2D eigenvalue weighted by Gasteiger charge is -2.70. The number of hydrogen-bond acceptors (Lipinski definition) is 6. The van der Waals surface area contributed by atoms with Gasteiger partial charge in [-0.1, -0.05) is 113 Å². The van der Waals surface area contributed by atoms with E-state index in [-0.39, 0.29) is 52.3 Å². The van der Waals surface area contributed by atoms with Gasteiger partial charge in [0.15, 0.2) is 0 Å². The summed E-state index contributed by atoms with van der Waals surface area (Å²) in [5.41, 5.74) is 3.40. The minimum atomic E-state index is -0.845. The molecule has 0 saturated heterocycles. The van der Waals surface area contributed by atoms with E-state index in [2.05, 4.69) is 20.8 Å². The topological polar surface area (TPSA) is 121 Å². The van der Waals surface area contributed by atoms with E-state index in [9.17, 15) is 30.6 Å². The molecule has 6 N–H and O–H groups in total. The van der Waals surface area contributed by atoms with Crippen molar-refractivity contribution in [3.8, 4) is 34.5 Å². The molecule has 0 aliphatic heterocycles. The van der Waals surface area contributed by atoms with Gasteiger partial charge in [0.05, 0.1) is 0 Å². The number of hydrogen-bond donors (Lipinski definition) is 6. The SMILES string of the molecule is CCC1C(c2ccc(O)cc2)(c2ccc(O)cc2)C(CC)C(c2ccc(O)cc2)(c2ccc(O)cc2)C(CC)C1(c1ccc(O)cc1)c1ccc(O)cc1. The molecule has 0 amide bonds. The summed E-state index contributed by atoms with van der Waals surface area (Å²) in [7, 11) is 0. The Kier molecular flexibility index (Phi) is 9.57. The van der Waals surface area contributed by atoms with E-state index < -0.39 is 16.2 Å². The van der Waals surface area contributed by atoms with E-state index >= 15 is 0 Å². The van der Waals surface area contributed by atoms with Crippen LogP contribution in [0.2, 0.25) is 0 Å². The minimum Gasteiger partial charge on any atom is -0.508 e. The standard InChI is InChI=1S/C48H48O6/c1-4-43-46(31-7-19-37(49)20-8-31,32-9-21-38(50)22-10-32)44(5-2)48(35-15-27-41(53)28-16-35,36-17-29-42(54)30-18-36)45(6-3)47(43,33-11-23-39(51)24-12-33)34-13-25-40(52)26-14-34/h7-30,43-45,49-54H,4-6H2,1-3H3. The summed E-state index contributed by atoms with van der Waals surface area (Å²) in [4.78, 5) is 0. The third-order valence-electron chi connectivity index (χ3n) is 12.6. The highest BCUT2D eigenvalue weighted by Gasteiger charge is 2.71. The van der Waals surface area contributed by atoms with Crippen molar-refractivity contribution < 1.29 is 30.6 Å². The average molecular weight is 721 g/mol. The maximum absolute atomic E-state index is 10.8. The molecule has 6 aromatic carbocycles. The molecule has 1 fully saturated rings. The van der Waals surface area contributed by atoms with Crippen LogP contribution in [-0.2, 0) is 16.2 Å². The largest absolute Gasteiger partial charge is 0.508 e. The van der Waals surface area contributed by atoms with Crippen molar-refractivity contribution in [2.24, 2.45) is 17.8 Å². The second-order valence-corrected chi connectivity index (χ2v) is 14.8. The molecule has 0 radical (unpaired) electrons. The Morgan fingerprint density at radius 2 is 0.407 bits per heavy atom. The van der Waals surface area contributed by atoms with E-state index in [4.69, 9.17) is 0 Å². The van der Waals surface area contributed by atoms with Crippen LogP contribution in [0.15, 0.2) is 146 Å². The highest BCUT2D eigenvalue weighted by Crippen LogP contribution is 2.73. The molecule has 1 saturated carbocycles. The molecule has 0 spiro atoms. The van der Waals surface area contributed by atoms with Crippen molar-refractivity contribution in [1.82, 2.24) is 0 Å². The molecule has 7 rings (SSSR count). The van der Waals surface area contributed by atoms with Crippen LogP contribution in [0.25, 0.3) is 0 Å². The minimum absolute atomic E-state index is 0.148. The van der Waals surface area contributed by atoms with Crippen molar-refractivity contribution in [3.63, 3.8) is 0 Å². The van der Waals surface area contributed by atoms with Crippen molar-refractivity contribution >= 4 is 0 Å². The first-order valence-corrected chi connectivity index (χ1v) is 18.8. The molecule has 1 aliphatic rings. The molecule has 0 aromatic heterocycles. The highest BCUT2D eigenvalue weighted by molar-refractivity contribution is 5.60. The summed E-state index contributed by atoms with van der Waals surface area (Å²) in [6.07, 6.45) is 2.08. The highest BCUT2D eigenvalue weighted by atomic mass is 16.3. The fourth-order valence-electron chi connectivity index (χ4n) is 11.1. The van der Waals surface area contributed by atoms with Gasteiger partial charge in [-0.2, -0.15) is 0 Å². The van der Waals surface area contributed by atoms with Crippen molar-refractivity contribution in [1.29, 1.82) is 0 Å². The maximum Gasteiger partial charge on any atom is 0.115 e. The predicted octanol–water partition coefficient (Wildman–Crippen LogP) is 10.3. The second-order valence-electron chi connectivity index (χ2n) is 14.8. The number of rotatable bonds is 9. The van der Waals surface area contributed by atoms with Crippen molar-refractivity contribution in [2.45, 2.75) is 56.3 Å². The van der Waals surface area contributed by atoms with E-state index in [1.807, 2.05) is 72.8 Å². The van der Waals surface area contributed by atoms with E-state index in [0.717, 1.165) is 33.4 Å². The zero-order valence-electron chi connectivity index (χ0n) is 30.9. The summed E-state index contributed by atoms with van der Waals surface area (Å²) in [6.45, 7) is 6.68. The van der Waals surface area contributed by atoms with Crippen LogP contribution in [0.4, 0.5) is 0 Å². The third kappa shape index (κ3) is 5.38. The zero-order valence-corrected chi connectivity index (χ0v) is 30.9. The summed E-state index contributed by atoms with van der Waals surface area (Å²) in [5, 5.41) is 64.6. The Labute approximate surface area is 317 Å². The van der Waals surface area contributed by atoms with Gasteiger partial charge in [0.1, 0.15) is 34.5 Å². The Morgan fingerprint density at radius 1 is 0.278 bits per heavy atom. The van der Waals surface area contributed by atoms with Gasteiger partial charge in [-0.3, -0.25) is 0 Å². The first kappa shape index (κ1) is 36.5. The maximum atomic E-state index is 10.8. The Morgan fingerprint density at radius 3 is 0.519 bits per heavy atom. The third-order valence-corrected chi connectivity index (χ3v) is 12.6. The second kappa shape index (κ2) is 14.2. The molecule has 0 atom stereocenters. The van der Waals surface area contributed by atoms with Gasteiger partial charge in [-0.05, 0) is 124 Å². The van der Waals surface area contributed by atoms with Crippen LogP contribution in [0.1, 0.15) is 73.4 Å². The molecule has 0 unspecified atom stereocenters. The van der Waals surface area contributed by atoms with Gasteiger partial charge in [-0.25, -0.2) is 0 Å². The lowest BCUT2D eigenvalue weighted by Crippen LogP contribution is -2.70. The van der Waals surface area contributed by atoms with E-state index in [0.29, 0.717) is 19.3 Å². The van der Waals surface area contributed by atoms with Crippen LogP contribution < -0.4 is 0 Å². The Bertz CT molecular complexity index is 1760. The molecule has 6 aromatic rings. The quantitative estimate of drug-likeness (QED) is 0.0884. The molecule has 6 heteroatoms. The van der Waals surface area contributed by atoms with Crippen LogP contribution in [0.3, 0.4) is 0 Å². The van der Waals surface area contributed by atoms with Gasteiger partial charge in [0.2, 0.25) is 0 Å². The molecular formula is C48H48O6. The van der Waals surface area contributed by atoms with Crippen LogP contribution in [0.5, 0.6) is 34.5 Å². The average Bonchev–Trinajstić information content (AvgIpc) is 3.18. The number of phenols is 6. The fraction of sp³-hybridized carbons (Fsp3) is 0.250. The van der Waals surface area contributed by atoms with Gasteiger partial charge in [0, 0.05) is 16.2 Å². The van der Waals surface area contributed by atoms with Crippen molar-refractivity contribution in [2.75, 3.05) is 0 Å². The lowest BCUT2D eigenvalue weighted by molar-refractivity contribution is -0.0447. The van der Waals surface area contributed by atoms with E-state index in [1.54, 1.807) is 72.8 Å². The molecular weight excluding hydrogens is 673 g/mol. The lowest BCUT2D eigenvalue weighted by atomic mass is 9.31. The van der Waals surface area contributed by atoms with E-state index in [1.165, 1.54) is 0 Å². The van der Waals surface area contributed by atoms with Crippen LogP contribution >= 0.6 is 0 Å². The normalized spacial score (nSPS) is 19.9. The van der Waals surface area contributed by atoms with Gasteiger partial charge >= 0.3 is 0 Å². The molecule has 54 heavy (non-hydrogen) atoms. The smallest absolute Gasteiger partial charge is 0.115 e. The van der Waals surface area contributed by atoms with Gasteiger partial charge in [0.25, 0.3) is 0 Å². The van der Waals surface area contributed by atoms with Crippen LogP contribution in [-0.4, -0.2) is 30.6 Å². The molecule has 0 bridgehead atoms. The molecule has 0 heterocycles. The summed E-state index contributed by atoms with van der Waals surface area (Å²) in [6, 6.07) is 45.2. The van der Waals surface area contributed by atoms with Gasteiger partial charge < -0.3 is 30.6 Å². The Hall–Kier alpha value is -5.88. The molecule has 6 nitrogen and oxygen atoms in total. The first-order valence-electron chi connectivity index (χ1n) is 18.8. The van der Waals surface area contributed by atoms with Gasteiger partial charge in [-0.15, -0.1) is 0 Å².